The van der Waals surface area contributed by atoms with Crippen LogP contribution in [0.2, 0.25) is 0 Å². The number of nitrogens with zero attached hydrogens (tertiary/aromatic N) is 1. The number of carbonyl (C=O) groups is 2. The van der Waals surface area contributed by atoms with Gasteiger partial charge in [0, 0.05) is 28.8 Å². The van der Waals surface area contributed by atoms with E-state index >= 15 is 0 Å². The Kier molecular flexibility index (Phi) is 5.07. The Morgan fingerprint density at radius 1 is 1.48 bits per heavy atom. The van der Waals surface area contributed by atoms with E-state index in [1.807, 2.05) is 0 Å². The van der Waals surface area contributed by atoms with Crippen molar-refractivity contribution in [2.45, 2.75) is 13.0 Å². The highest BCUT2D eigenvalue weighted by Crippen LogP contribution is 2.29. The van der Waals surface area contributed by atoms with Crippen LogP contribution in [0.4, 0.5) is 5.69 Å². The number of nitro groups is 1. The van der Waals surface area contributed by atoms with Crippen molar-refractivity contribution in [3.63, 3.8) is 0 Å². The molecule has 23 heavy (non-hydrogen) atoms. The van der Waals surface area contributed by atoms with E-state index in [1.54, 1.807) is 6.07 Å². The largest absolute Gasteiger partial charge is 0.448 e. The molecule has 0 spiro atoms. The van der Waals surface area contributed by atoms with Gasteiger partial charge in [-0.05, 0) is 19.1 Å². The number of hydrogen-bond acceptors (Lipinski definition) is 6. The molecular formula is C15H14N2O5S. The van der Waals surface area contributed by atoms with Crippen LogP contribution < -0.4 is 5.32 Å². The van der Waals surface area contributed by atoms with E-state index in [4.69, 9.17) is 4.74 Å². The van der Waals surface area contributed by atoms with Crippen molar-refractivity contribution in [3.05, 3.63) is 51.9 Å². The number of non-ortho nitro benzene ring substituents is 1. The predicted octanol–water partition coefficient (Wildman–Crippen LogP) is 2.66. The molecule has 0 saturated carbocycles. The van der Waals surface area contributed by atoms with Gasteiger partial charge in [0.05, 0.1) is 4.92 Å². The first-order valence-electron chi connectivity index (χ1n) is 6.70. The van der Waals surface area contributed by atoms with Crippen LogP contribution >= 0.6 is 11.3 Å². The topological polar surface area (TPSA) is 98.5 Å². The second kappa shape index (κ2) is 7.01. The van der Waals surface area contributed by atoms with E-state index in [-0.39, 0.29) is 17.1 Å². The lowest BCUT2D eigenvalue weighted by atomic mass is 10.2. The van der Waals surface area contributed by atoms with Crippen LogP contribution in [0.5, 0.6) is 0 Å². The van der Waals surface area contributed by atoms with Gasteiger partial charge in [0.25, 0.3) is 11.6 Å². The smallest absolute Gasteiger partial charge is 0.349 e. The Balaban J connectivity index is 2.13. The van der Waals surface area contributed by atoms with Crippen LogP contribution in [0.15, 0.2) is 36.9 Å². The maximum atomic E-state index is 12.1. The summed E-state index contributed by atoms with van der Waals surface area (Å²) in [6.07, 6.45) is 0.577. The first-order valence-corrected chi connectivity index (χ1v) is 7.51. The first kappa shape index (κ1) is 16.6. The van der Waals surface area contributed by atoms with Gasteiger partial charge in [0.1, 0.15) is 4.88 Å². The number of rotatable bonds is 6. The molecule has 0 unspecified atom stereocenters. The van der Waals surface area contributed by atoms with Gasteiger partial charge in [-0.1, -0.05) is 6.08 Å². The van der Waals surface area contributed by atoms with E-state index in [0.717, 1.165) is 16.0 Å². The van der Waals surface area contributed by atoms with Crippen molar-refractivity contribution in [3.8, 4) is 0 Å². The molecule has 1 heterocycles. The number of fused-ring (bicyclic) bond motifs is 1. The molecule has 0 radical (unpaired) electrons. The minimum atomic E-state index is -0.943. The van der Waals surface area contributed by atoms with Gasteiger partial charge in [-0.25, -0.2) is 4.79 Å². The molecule has 0 fully saturated rings. The van der Waals surface area contributed by atoms with Gasteiger partial charge in [0.15, 0.2) is 6.10 Å². The molecule has 2 aromatic rings. The quantitative estimate of drug-likeness (QED) is 0.379. The van der Waals surface area contributed by atoms with E-state index in [9.17, 15) is 19.7 Å². The van der Waals surface area contributed by atoms with Crippen LogP contribution in [0.25, 0.3) is 10.1 Å². The third-order valence-electron chi connectivity index (χ3n) is 2.99. The Hall–Kier alpha value is -2.74. The molecule has 1 amide bonds. The lowest BCUT2D eigenvalue weighted by Gasteiger charge is -2.11. The molecule has 1 N–H and O–H groups in total. The normalized spacial score (nSPS) is 11.7. The summed E-state index contributed by atoms with van der Waals surface area (Å²) in [5, 5.41) is 13.9. The number of nitrogens with one attached hydrogen (secondary N) is 1. The molecule has 1 atom stereocenters. The van der Waals surface area contributed by atoms with Crippen molar-refractivity contribution in [2.75, 3.05) is 6.54 Å². The lowest BCUT2D eigenvalue weighted by Crippen LogP contribution is -2.35. The number of amides is 1. The fourth-order valence-electron chi connectivity index (χ4n) is 1.83. The number of thiophene rings is 1. The van der Waals surface area contributed by atoms with Crippen LogP contribution in [-0.4, -0.2) is 29.4 Å². The second-order valence-corrected chi connectivity index (χ2v) is 5.76. The Bertz CT molecular complexity index is 783. The van der Waals surface area contributed by atoms with E-state index in [2.05, 4.69) is 11.9 Å². The van der Waals surface area contributed by atoms with Crippen molar-refractivity contribution in [1.29, 1.82) is 0 Å². The summed E-state index contributed by atoms with van der Waals surface area (Å²) in [7, 11) is 0. The zero-order valence-corrected chi connectivity index (χ0v) is 13.1. The van der Waals surface area contributed by atoms with E-state index in [0.29, 0.717) is 5.39 Å². The summed E-state index contributed by atoms with van der Waals surface area (Å²) < 4.78 is 5.82. The van der Waals surface area contributed by atoms with Crippen molar-refractivity contribution >= 4 is 39.0 Å². The fourth-order valence-corrected chi connectivity index (χ4v) is 2.76. The molecule has 7 nitrogen and oxygen atoms in total. The molecule has 2 rings (SSSR count). The van der Waals surface area contributed by atoms with Gasteiger partial charge in [-0.3, -0.25) is 14.9 Å². The SMILES string of the molecule is C=CCNC(=O)[C@@H](C)OC(=O)c1cc2cc([N+](=O)[O-])ccc2s1. The molecule has 120 valence electrons. The van der Waals surface area contributed by atoms with Crippen LogP contribution in [0, 0.1) is 10.1 Å². The summed E-state index contributed by atoms with van der Waals surface area (Å²) >= 11 is 1.15. The molecule has 1 aromatic heterocycles. The zero-order chi connectivity index (χ0) is 17.0. The third kappa shape index (κ3) is 3.92. The van der Waals surface area contributed by atoms with Gasteiger partial charge >= 0.3 is 5.97 Å². The molecule has 0 aliphatic carbocycles. The molecule has 0 bridgehead atoms. The minimum absolute atomic E-state index is 0.0487. The van der Waals surface area contributed by atoms with E-state index in [1.165, 1.54) is 31.2 Å². The van der Waals surface area contributed by atoms with Crippen molar-refractivity contribution in [2.24, 2.45) is 0 Å². The van der Waals surface area contributed by atoms with Crippen molar-refractivity contribution in [1.82, 2.24) is 5.32 Å². The molecule has 8 heteroatoms. The van der Waals surface area contributed by atoms with Crippen molar-refractivity contribution < 1.29 is 19.2 Å². The Morgan fingerprint density at radius 3 is 2.87 bits per heavy atom. The summed E-state index contributed by atoms with van der Waals surface area (Å²) in [5.41, 5.74) is -0.0487. The predicted molar refractivity (Wildman–Crippen MR) is 86.6 cm³/mol. The molecule has 0 aliphatic rings. The summed E-state index contributed by atoms with van der Waals surface area (Å²) in [4.78, 5) is 34.3. The summed E-state index contributed by atoms with van der Waals surface area (Å²) in [6.45, 7) is 5.23. The number of esters is 1. The number of nitro benzene ring substituents is 1. The maximum absolute atomic E-state index is 12.1. The fraction of sp³-hybridized carbons (Fsp3) is 0.200. The van der Waals surface area contributed by atoms with Gasteiger partial charge in [-0.2, -0.15) is 0 Å². The molecular weight excluding hydrogens is 320 g/mol. The first-order chi connectivity index (χ1) is 10.9. The minimum Gasteiger partial charge on any atom is -0.448 e. The van der Waals surface area contributed by atoms with Gasteiger partial charge in [-0.15, -0.1) is 17.9 Å². The average Bonchev–Trinajstić information content (AvgIpc) is 2.95. The number of hydrogen-bond donors (Lipinski definition) is 1. The summed E-state index contributed by atoms with van der Waals surface area (Å²) in [6, 6.07) is 5.86. The molecule has 0 saturated heterocycles. The molecule has 1 aromatic carbocycles. The molecule has 0 aliphatic heterocycles. The van der Waals surface area contributed by atoms with Gasteiger partial charge < -0.3 is 10.1 Å². The van der Waals surface area contributed by atoms with Crippen LogP contribution in [-0.2, 0) is 9.53 Å². The average molecular weight is 334 g/mol. The monoisotopic (exact) mass is 334 g/mol. The maximum Gasteiger partial charge on any atom is 0.349 e. The highest BCUT2D eigenvalue weighted by Gasteiger charge is 2.20. The number of benzene rings is 1. The van der Waals surface area contributed by atoms with Crippen LogP contribution in [0.1, 0.15) is 16.6 Å². The Labute approximate surface area is 135 Å². The summed E-state index contributed by atoms with van der Waals surface area (Å²) in [5.74, 6) is -1.06. The Morgan fingerprint density at radius 2 is 2.22 bits per heavy atom. The zero-order valence-electron chi connectivity index (χ0n) is 12.3. The van der Waals surface area contributed by atoms with E-state index < -0.39 is 22.9 Å². The highest BCUT2D eigenvalue weighted by molar-refractivity contribution is 7.20. The lowest BCUT2D eigenvalue weighted by molar-refractivity contribution is -0.384. The standard InChI is InChI=1S/C15H14N2O5S/c1-3-6-16-14(18)9(2)22-15(19)13-8-10-7-11(17(20)21)4-5-12(10)23-13/h3-5,7-9H,1,6H2,2H3,(H,16,18)/t9-/m1/s1. The highest BCUT2D eigenvalue weighted by atomic mass is 32.1. The van der Waals surface area contributed by atoms with Gasteiger partial charge in [0.2, 0.25) is 0 Å². The number of carbonyl (C=O) groups excluding carboxylic acids is 2. The van der Waals surface area contributed by atoms with Crippen LogP contribution in [0.3, 0.4) is 0 Å². The third-order valence-corrected chi connectivity index (χ3v) is 4.08. The second-order valence-electron chi connectivity index (χ2n) is 4.67. The number of ether oxygens (including phenoxy) is 1.